The van der Waals surface area contributed by atoms with Crippen LogP contribution in [0.2, 0.25) is 0 Å². The Balaban J connectivity index is 1.96. The van der Waals surface area contributed by atoms with E-state index in [0.29, 0.717) is 35.6 Å². The van der Waals surface area contributed by atoms with Crippen LogP contribution in [0.5, 0.6) is 5.75 Å². The van der Waals surface area contributed by atoms with E-state index in [1.807, 2.05) is 0 Å². The van der Waals surface area contributed by atoms with Crippen LogP contribution in [0.1, 0.15) is 27.6 Å². The minimum Gasteiger partial charge on any atom is -0.491 e. The van der Waals surface area contributed by atoms with E-state index >= 15 is 0 Å². The quantitative estimate of drug-likeness (QED) is 0.888. The molecule has 2 N–H and O–H groups in total. The Kier molecular flexibility index (Phi) is 3.58. The molecular weight excluding hydrogens is 273 g/mol. The summed E-state index contributed by atoms with van der Waals surface area (Å²) in [7, 11) is 0. The lowest BCUT2D eigenvalue weighted by Gasteiger charge is -2.14. The third-order valence-electron chi connectivity index (χ3n) is 3.39. The second kappa shape index (κ2) is 5.54. The van der Waals surface area contributed by atoms with Crippen molar-refractivity contribution in [1.29, 1.82) is 0 Å². The van der Waals surface area contributed by atoms with Gasteiger partial charge in [0.1, 0.15) is 24.3 Å². The molecule has 3 rings (SSSR count). The third-order valence-corrected chi connectivity index (χ3v) is 3.39. The van der Waals surface area contributed by atoms with Crippen LogP contribution >= 0.6 is 0 Å². The lowest BCUT2D eigenvalue weighted by molar-refractivity contribution is 0.0957. The van der Waals surface area contributed by atoms with Crippen LogP contribution in [-0.2, 0) is 0 Å². The number of amides is 1. The zero-order valence-corrected chi connectivity index (χ0v) is 11.2. The van der Waals surface area contributed by atoms with Crippen LogP contribution in [-0.4, -0.2) is 24.2 Å². The molecule has 0 spiro atoms. The minimum atomic E-state index is -0.924. The van der Waals surface area contributed by atoms with Gasteiger partial charge in [0, 0.05) is 0 Å². The number of aliphatic hydroxyl groups excluding tert-OH is 1. The minimum absolute atomic E-state index is 0.226. The lowest BCUT2D eigenvalue weighted by atomic mass is 9.99. The number of ether oxygens (including phenoxy) is 1. The standard InChI is InChI=1S/C16H14FNO3/c17-12-4-1-10(2-5-12)15(19)11-3-6-14-13(9-11)16(20)18-7-8-21-14/h1-6,9,15,19H,7-8H2,(H,18,20). The highest BCUT2D eigenvalue weighted by Crippen LogP contribution is 2.28. The van der Waals surface area contributed by atoms with E-state index in [0.717, 1.165) is 0 Å². The van der Waals surface area contributed by atoms with Gasteiger partial charge in [-0.05, 0) is 35.4 Å². The molecule has 4 nitrogen and oxygen atoms in total. The third kappa shape index (κ3) is 2.73. The molecule has 0 aromatic heterocycles. The SMILES string of the molecule is O=C1NCCOc2ccc(C(O)c3ccc(F)cc3)cc21. The lowest BCUT2D eigenvalue weighted by Crippen LogP contribution is -2.24. The summed E-state index contributed by atoms with van der Waals surface area (Å²) in [4.78, 5) is 11.9. The maximum absolute atomic E-state index is 12.9. The number of halogens is 1. The summed E-state index contributed by atoms with van der Waals surface area (Å²) in [5, 5.41) is 13.1. The van der Waals surface area contributed by atoms with Crippen molar-refractivity contribution >= 4 is 5.91 Å². The molecule has 0 saturated heterocycles. The zero-order valence-electron chi connectivity index (χ0n) is 11.2. The Labute approximate surface area is 121 Å². The predicted octanol–water partition coefficient (Wildman–Crippen LogP) is 2.03. The van der Waals surface area contributed by atoms with Crippen LogP contribution in [0.15, 0.2) is 42.5 Å². The van der Waals surface area contributed by atoms with Gasteiger partial charge < -0.3 is 15.2 Å². The summed E-state index contributed by atoms with van der Waals surface area (Å²) in [5.41, 5.74) is 1.51. The number of rotatable bonds is 2. The Morgan fingerprint density at radius 2 is 1.86 bits per heavy atom. The second-order valence-electron chi connectivity index (χ2n) is 4.81. The number of aliphatic hydroxyl groups is 1. The van der Waals surface area contributed by atoms with E-state index in [1.165, 1.54) is 24.3 Å². The zero-order chi connectivity index (χ0) is 14.8. The molecular formula is C16H14FNO3. The second-order valence-corrected chi connectivity index (χ2v) is 4.81. The van der Waals surface area contributed by atoms with Gasteiger partial charge >= 0.3 is 0 Å². The molecule has 1 amide bonds. The average Bonchev–Trinajstić information content (AvgIpc) is 2.69. The molecule has 0 fully saturated rings. The van der Waals surface area contributed by atoms with Crippen LogP contribution < -0.4 is 10.1 Å². The van der Waals surface area contributed by atoms with E-state index in [9.17, 15) is 14.3 Å². The number of benzene rings is 2. The Morgan fingerprint density at radius 1 is 1.14 bits per heavy atom. The molecule has 0 bridgehead atoms. The molecule has 1 heterocycles. The average molecular weight is 287 g/mol. The van der Waals surface area contributed by atoms with Crippen LogP contribution in [0, 0.1) is 5.82 Å². The molecule has 0 aliphatic carbocycles. The van der Waals surface area contributed by atoms with Gasteiger partial charge in [-0.1, -0.05) is 18.2 Å². The van der Waals surface area contributed by atoms with Gasteiger partial charge in [-0.15, -0.1) is 0 Å². The largest absolute Gasteiger partial charge is 0.491 e. The van der Waals surface area contributed by atoms with E-state index in [-0.39, 0.29) is 11.7 Å². The van der Waals surface area contributed by atoms with Crippen molar-refractivity contribution in [3.8, 4) is 5.75 Å². The predicted molar refractivity (Wildman–Crippen MR) is 74.7 cm³/mol. The van der Waals surface area contributed by atoms with Gasteiger partial charge in [0.15, 0.2) is 0 Å². The summed E-state index contributed by atoms with van der Waals surface area (Å²) in [6, 6.07) is 10.6. The molecule has 5 heteroatoms. The van der Waals surface area contributed by atoms with Crippen molar-refractivity contribution in [2.75, 3.05) is 13.2 Å². The monoisotopic (exact) mass is 287 g/mol. The first-order valence-corrected chi connectivity index (χ1v) is 6.63. The van der Waals surface area contributed by atoms with Gasteiger partial charge in [0.2, 0.25) is 0 Å². The normalized spacial score (nSPS) is 15.4. The van der Waals surface area contributed by atoms with Gasteiger partial charge in [0.25, 0.3) is 5.91 Å². The maximum Gasteiger partial charge on any atom is 0.255 e. The molecule has 108 valence electrons. The van der Waals surface area contributed by atoms with Crippen molar-refractivity contribution in [3.63, 3.8) is 0 Å². The fraction of sp³-hybridized carbons (Fsp3) is 0.188. The number of fused-ring (bicyclic) bond motifs is 1. The van der Waals surface area contributed by atoms with E-state index in [2.05, 4.69) is 5.32 Å². The number of hydrogen-bond donors (Lipinski definition) is 2. The topological polar surface area (TPSA) is 58.6 Å². The highest BCUT2D eigenvalue weighted by molar-refractivity contribution is 5.97. The Bertz CT molecular complexity index is 670. The molecule has 1 aliphatic rings. The number of nitrogens with one attached hydrogen (secondary N) is 1. The summed E-state index contributed by atoms with van der Waals surface area (Å²) >= 11 is 0. The summed E-state index contributed by atoms with van der Waals surface area (Å²) in [6.07, 6.45) is -0.924. The molecule has 2 aromatic rings. The van der Waals surface area contributed by atoms with E-state index in [4.69, 9.17) is 4.74 Å². The van der Waals surface area contributed by atoms with Crippen LogP contribution in [0.4, 0.5) is 4.39 Å². The fourth-order valence-electron chi connectivity index (χ4n) is 2.28. The van der Waals surface area contributed by atoms with Crippen molar-refractivity contribution in [3.05, 3.63) is 65.0 Å². The van der Waals surface area contributed by atoms with Gasteiger partial charge in [0.05, 0.1) is 12.1 Å². The molecule has 0 saturated carbocycles. The van der Waals surface area contributed by atoms with E-state index in [1.54, 1.807) is 18.2 Å². The number of carbonyl (C=O) groups excluding carboxylic acids is 1. The summed E-state index contributed by atoms with van der Waals surface area (Å²) < 4.78 is 18.4. The summed E-state index contributed by atoms with van der Waals surface area (Å²) in [6.45, 7) is 0.863. The highest BCUT2D eigenvalue weighted by Gasteiger charge is 2.19. The van der Waals surface area contributed by atoms with Crippen molar-refractivity contribution in [1.82, 2.24) is 5.32 Å². The maximum atomic E-state index is 12.9. The van der Waals surface area contributed by atoms with Crippen molar-refractivity contribution < 1.29 is 19.0 Å². The van der Waals surface area contributed by atoms with E-state index < -0.39 is 6.10 Å². The Morgan fingerprint density at radius 3 is 2.62 bits per heavy atom. The molecule has 1 aliphatic heterocycles. The van der Waals surface area contributed by atoms with Gasteiger partial charge in [-0.3, -0.25) is 4.79 Å². The smallest absolute Gasteiger partial charge is 0.255 e. The molecule has 2 aromatic carbocycles. The first-order chi connectivity index (χ1) is 10.1. The fourth-order valence-corrected chi connectivity index (χ4v) is 2.28. The number of hydrogen-bond acceptors (Lipinski definition) is 3. The van der Waals surface area contributed by atoms with Gasteiger partial charge in [-0.2, -0.15) is 0 Å². The van der Waals surface area contributed by atoms with Crippen molar-refractivity contribution in [2.24, 2.45) is 0 Å². The highest BCUT2D eigenvalue weighted by atomic mass is 19.1. The first kappa shape index (κ1) is 13.6. The molecule has 1 atom stereocenters. The van der Waals surface area contributed by atoms with Gasteiger partial charge in [-0.25, -0.2) is 4.39 Å². The van der Waals surface area contributed by atoms with Crippen LogP contribution in [0.25, 0.3) is 0 Å². The number of carbonyl (C=O) groups is 1. The van der Waals surface area contributed by atoms with Crippen LogP contribution in [0.3, 0.4) is 0 Å². The van der Waals surface area contributed by atoms with Crippen molar-refractivity contribution in [2.45, 2.75) is 6.10 Å². The first-order valence-electron chi connectivity index (χ1n) is 6.63. The molecule has 0 radical (unpaired) electrons. The molecule has 21 heavy (non-hydrogen) atoms. The summed E-state index contributed by atoms with van der Waals surface area (Å²) in [5.74, 6) is -0.0867. The Hall–Kier alpha value is -2.40. The molecule has 1 unspecified atom stereocenters.